The van der Waals surface area contributed by atoms with E-state index in [1.165, 1.54) is 0 Å². The van der Waals surface area contributed by atoms with Gasteiger partial charge in [0.15, 0.2) is 0 Å². The van der Waals surface area contributed by atoms with Gasteiger partial charge in [0.2, 0.25) is 0 Å². The number of hydrogen-bond acceptors (Lipinski definition) is 2. The predicted octanol–water partition coefficient (Wildman–Crippen LogP) is 0.175. The number of aliphatic hydroxyl groups excluding tert-OH is 1. The number of rotatable bonds is 3. The van der Waals surface area contributed by atoms with Gasteiger partial charge >= 0.3 is 0 Å². The van der Waals surface area contributed by atoms with Crippen molar-refractivity contribution in [2.45, 2.75) is 12.5 Å². The first kappa shape index (κ1) is 6.92. The molecule has 0 aromatic rings. The summed E-state index contributed by atoms with van der Waals surface area (Å²) in [5, 5.41) is 8.49. The van der Waals surface area contributed by atoms with Crippen molar-refractivity contribution in [3.63, 3.8) is 0 Å². The minimum absolute atomic E-state index is 0.138. The third-order valence-electron chi connectivity index (χ3n) is 0.546. The van der Waals surface area contributed by atoms with Crippen molar-refractivity contribution in [1.29, 1.82) is 0 Å². The van der Waals surface area contributed by atoms with Crippen molar-refractivity contribution in [1.82, 2.24) is 0 Å². The third kappa shape index (κ3) is 3.76. The fraction of sp³-hybridized carbons (Fsp3) is 0.750. The summed E-state index contributed by atoms with van der Waals surface area (Å²) in [5.41, 5.74) is 0. The second kappa shape index (κ2) is 4.09. The molecule has 42 valence electrons. The molecule has 0 fully saturated rings. The molecule has 0 aliphatic carbocycles. The van der Waals surface area contributed by atoms with Crippen molar-refractivity contribution >= 4 is 17.9 Å². The van der Waals surface area contributed by atoms with Crippen molar-refractivity contribution in [3.05, 3.63) is 0 Å². The summed E-state index contributed by atoms with van der Waals surface area (Å²) in [6.07, 6.45) is 0.135. The maximum Gasteiger partial charge on any atom is 0.122 e. The van der Waals surface area contributed by atoms with Gasteiger partial charge in [0.25, 0.3) is 0 Å². The van der Waals surface area contributed by atoms with Gasteiger partial charge in [-0.1, -0.05) is 0 Å². The molecular formula is C4H7ClO2. The van der Waals surface area contributed by atoms with Gasteiger partial charge < -0.3 is 9.90 Å². The van der Waals surface area contributed by atoms with E-state index < -0.39 is 6.10 Å². The molecule has 0 aromatic heterocycles. The minimum Gasteiger partial charge on any atom is -0.391 e. The van der Waals surface area contributed by atoms with Crippen LogP contribution in [0.3, 0.4) is 0 Å². The summed E-state index contributed by atoms with van der Waals surface area (Å²) in [4.78, 5) is 9.56. The van der Waals surface area contributed by atoms with Gasteiger partial charge in [-0.2, -0.15) is 0 Å². The Hall–Kier alpha value is -0.0800. The van der Waals surface area contributed by atoms with Crippen LogP contribution in [-0.4, -0.2) is 23.4 Å². The van der Waals surface area contributed by atoms with Gasteiger partial charge in [-0.05, 0) is 0 Å². The Labute approximate surface area is 47.1 Å². The molecule has 0 unspecified atom stereocenters. The third-order valence-corrected chi connectivity index (χ3v) is 0.903. The monoisotopic (exact) mass is 122 g/mol. The number of aliphatic hydroxyl groups is 1. The van der Waals surface area contributed by atoms with Crippen LogP contribution < -0.4 is 0 Å². The first-order valence-corrected chi connectivity index (χ1v) is 2.52. The van der Waals surface area contributed by atoms with E-state index in [-0.39, 0.29) is 12.3 Å². The Morgan fingerprint density at radius 2 is 2.43 bits per heavy atom. The van der Waals surface area contributed by atoms with E-state index in [1.807, 2.05) is 0 Å². The van der Waals surface area contributed by atoms with E-state index >= 15 is 0 Å². The highest BCUT2D eigenvalue weighted by Gasteiger charge is 1.96. The van der Waals surface area contributed by atoms with Crippen LogP contribution in [0.1, 0.15) is 6.42 Å². The maximum atomic E-state index is 9.56. The van der Waals surface area contributed by atoms with Crippen LogP contribution in [-0.2, 0) is 4.79 Å². The van der Waals surface area contributed by atoms with Crippen LogP contribution in [0.25, 0.3) is 0 Å². The molecule has 1 N–H and O–H groups in total. The van der Waals surface area contributed by atoms with Crippen LogP contribution in [0.5, 0.6) is 0 Å². The van der Waals surface area contributed by atoms with Crippen molar-refractivity contribution in [3.8, 4) is 0 Å². The number of alkyl halides is 1. The average molecular weight is 123 g/mol. The zero-order valence-electron chi connectivity index (χ0n) is 3.80. The summed E-state index contributed by atoms with van der Waals surface area (Å²) in [6.45, 7) is 0. The quantitative estimate of drug-likeness (QED) is 0.428. The first-order valence-electron chi connectivity index (χ1n) is 1.99. The fourth-order valence-electron chi connectivity index (χ4n) is 0.174. The molecular weight excluding hydrogens is 115 g/mol. The molecule has 7 heavy (non-hydrogen) atoms. The number of carbonyl (C=O) groups excluding carboxylic acids is 1. The lowest BCUT2D eigenvalue weighted by atomic mass is 10.3. The molecule has 0 bridgehead atoms. The largest absolute Gasteiger partial charge is 0.391 e. The average Bonchev–Trinajstić information content (AvgIpc) is 1.68. The molecule has 0 rings (SSSR count). The molecule has 0 aliphatic heterocycles. The molecule has 0 amide bonds. The van der Waals surface area contributed by atoms with E-state index in [9.17, 15) is 4.79 Å². The Morgan fingerprint density at radius 1 is 1.86 bits per heavy atom. The summed E-state index contributed by atoms with van der Waals surface area (Å²) < 4.78 is 0. The number of hydrogen-bond donors (Lipinski definition) is 1. The van der Waals surface area contributed by atoms with Gasteiger partial charge in [-0.25, -0.2) is 0 Å². The van der Waals surface area contributed by atoms with Crippen molar-refractivity contribution < 1.29 is 9.90 Å². The molecule has 0 saturated carbocycles. The molecule has 0 radical (unpaired) electrons. The zero-order valence-corrected chi connectivity index (χ0v) is 4.56. The number of aldehydes is 1. The van der Waals surface area contributed by atoms with E-state index in [0.29, 0.717) is 6.29 Å². The molecule has 2 nitrogen and oxygen atoms in total. The minimum atomic E-state index is -0.654. The Morgan fingerprint density at radius 3 is 2.57 bits per heavy atom. The van der Waals surface area contributed by atoms with E-state index in [4.69, 9.17) is 16.7 Å². The van der Waals surface area contributed by atoms with Gasteiger partial charge in [-0.15, -0.1) is 11.6 Å². The van der Waals surface area contributed by atoms with Crippen LogP contribution in [0.15, 0.2) is 0 Å². The summed E-state index contributed by atoms with van der Waals surface area (Å²) >= 11 is 5.12. The van der Waals surface area contributed by atoms with Crippen molar-refractivity contribution in [2.75, 3.05) is 5.88 Å². The second-order valence-electron chi connectivity index (χ2n) is 1.21. The van der Waals surface area contributed by atoms with Gasteiger partial charge in [-0.3, -0.25) is 0 Å². The van der Waals surface area contributed by atoms with Crippen molar-refractivity contribution in [2.24, 2.45) is 0 Å². The second-order valence-corrected chi connectivity index (χ2v) is 1.52. The normalized spacial score (nSPS) is 13.4. The lowest BCUT2D eigenvalue weighted by Gasteiger charge is -1.95. The highest BCUT2D eigenvalue weighted by atomic mass is 35.5. The lowest BCUT2D eigenvalue weighted by Crippen LogP contribution is -2.07. The summed E-state index contributed by atoms with van der Waals surface area (Å²) in [6, 6.07) is 0. The molecule has 0 aromatic carbocycles. The fourth-order valence-corrected chi connectivity index (χ4v) is 0.300. The lowest BCUT2D eigenvalue weighted by molar-refractivity contribution is -0.109. The zero-order chi connectivity index (χ0) is 5.70. The molecule has 1 atom stereocenters. The first-order chi connectivity index (χ1) is 3.31. The van der Waals surface area contributed by atoms with E-state index in [1.54, 1.807) is 0 Å². The molecule has 0 spiro atoms. The number of carbonyl (C=O) groups is 1. The topological polar surface area (TPSA) is 37.3 Å². The van der Waals surface area contributed by atoms with Crippen LogP contribution >= 0.6 is 11.6 Å². The standard InChI is InChI=1S/C4H7ClO2/c5-3-4(7)1-2-6/h2,4,7H,1,3H2/t4-/m0/s1. The van der Waals surface area contributed by atoms with Gasteiger partial charge in [0, 0.05) is 12.3 Å². The Balaban J connectivity index is 2.98. The van der Waals surface area contributed by atoms with Gasteiger partial charge in [0.05, 0.1) is 6.10 Å². The smallest absolute Gasteiger partial charge is 0.122 e. The van der Waals surface area contributed by atoms with Gasteiger partial charge in [0.1, 0.15) is 6.29 Å². The summed E-state index contributed by atoms with van der Waals surface area (Å²) in [7, 11) is 0. The number of halogens is 1. The Bertz CT molecular complexity index is 55.7. The van der Waals surface area contributed by atoms with Crippen LogP contribution in [0, 0.1) is 0 Å². The SMILES string of the molecule is O=CC[C@H](O)CCl. The Kier molecular flexibility index (Phi) is 4.04. The molecule has 0 aliphatic rings. The van der Waals surface area contributed by atoms with E-state index in [0.717, 1.165) is 0 Å². The summed E-state index contributed by atoms with van der Waals surface area (Å²) in [5.74, 6) is 0.138. The van der Waals surface area contributed by atoms with Crippen LogP contribution in [0.4, 0.5) is 0 Å². The predicted molar refractivity (Wildman–Crippen MR) is 27.4 cm³/mol. The molecule has 0 heterocycles. The molecule has 3 heteroatoms. The van der Waals surface area contributed by atoms with E-state index in [2.05, 4.69) is 0 Å². The highest BCUT2D eigenvalue weighted by Crippen LogP contribution is 1.88. The maximum absolute atomic E-state index is 9.56. The molecule has 0 saturated heterocycles. The van der Waals surface area contributed by atoms with Crippen LogP contribution in [0.2, 0.25) is 0 Å². The highest BCUT2D eigenvalue weighted by molar-refractivity contribution is 6.18.